The largest absolute Gasteiger partial charge is 0.457 e. The van der Waals surface area contributed by atoms with Crippen LogP contribution in [0.5, 0.6) is 0 Å². The topological polar surface area (TPSA) is 117 Å². The second-order valence-corrected chi connectivity index (χ2v) is 6.72. The molecular formula is C19H12BrNO7. The van der Waals surface area contributed by atoms with Crippen LogP contribution in [0.15, 0.2) is 57.1 Å². The van der Waals surface area contributed by atoms with Crippen LogP contribution < -0.4 is 0 Å². The van der Waals surface area contributed by atoms with Crippen LogP contribution in [0.1, 0.15) is 12.7 Å². The molecule has 0 saturated carbocycles. The molecule has 0 aliphatic carbocycles. The van der Waals surface area contributed by atoms with Gasteiger partial charge < -0.3 is 9.15 Å². The Kier molecular flexibility index (Phi) is 5.36. The molecule has 8 nitrogen and oxygen atoms in total. The van der Waals surface area contributed by atoms with Gasteiger partial charge in [0.05, 0.1) is 4.92 Å². The summed E-state index contributed by atoms with van der Waals surface area (Å²) in [7, 11) is 0. The molecule has 1 atom stereocenters. The monoisotopic (exact) mass is 445 g/mol. The lowest BCUT2D eigenvalue weighted by atomic mass is 9.96. The van der Waals surface area contributed by atoms with Crippen LogP contribution in [0.25, 0.3) is 17.4 Å². The lowest BCUT2D eigenvalue weighted by Gasteiger charge is -2.15. The zero-order valence-corrected chi connectivity index (χ0v) is 16.0. The Morgan fingerprint density at radius 2 is 2.00 bits per heavy atom. The van der Waals surface area contributed by atoms with E-state index < -0.39 is 28.4 Å². The number of nitro benzene ring substituents is 1. The minimum atomic E-state index is -1.52. The van der Waals surface area contributed by atoms with Gasteiger partial charge in [0, 0.05) is 28.2 Å². The van der Waals surface area contributed by atoms with Gasteiger partial charge in [-0.2, -0.15) is 0 Å². The minimum Gasteiger partial charge on any atom is -0.457 e. The Balaban J connectivity index is 1.78. The maximum atomic E-state index is 12.2. The van der Waals surface area contributed by atoms with Crippen molar-refractivity contribution in [3.05, 3.63) is 68.6 Å². The van der Waals surface area contributed by atoms with Gasteiger partial charge in [-0.1, -0.05) is 0 Å². The first-order chi connectivity index (χ1) is 13.3. The molecule has 0 saturated heterocycles. The maximum Gasteiger partial charge on any atom is 0.329 e. The summed E-state index contributed by atoms with van der Waals surface area (Å²) in [5.41, 5.74) is 0.518. The molecule has 0 amide bonds. The fraction of sp³-hybridized carbons (Fsp3) is 0.105. The first kappa shape index (κ1) is 19.4. The van der Waals surface area contributed by atoms with Crippen LogP contribution in [0, 0.1) is 16.0 Å². The van der Waals surface area contributed by atoms with Crippen molar-refractivity contribution >= 4 is 45.2 Å². The van der Waals surface area contributed by atoms with Crippen molar-refractivity contribution in [3.63, 3.8) is 0 Å². The number of benzene rings is 1. The van der Waals surface area contributed by atoms with Gasteiger partial charge in [-0.15, -0.1) is 0 Å². The molecule has 142 valence electrons. The molecule has 1 aromatic heterocycles. The van der Waals surface area contributed by atoms with E-state index in [4.69, 9.17) is 9.15 Å². The van der Waals surface area contributed by atoms with Gasteiger partial charge in [0.15, 0.2) is 17.5 Å². The number of esters is 1. The Hall–Kier alpha value is -3.33. The summed E-state index contributed by atoms with van der Waals surface area (Å²) in [4.78, 5) is 46.1. The molecule has 2 heterocycles. The van der Waals surface area contributed by atoms with Crippen LogP contribution in [0.4, 0.5) is 5.69 Å². The zero-order chi connectivity index (χ0) is 20.4. The predicted molar refractivity (Wildman–Crippen MR) is 101 cm³/mol. The van der Waals surface area contributed by atoms with Gasteiger partial charge in [0.2, 0.25) is 0 Å². The number of hydrogen-bond acceptors (Lipinski definition) is 7. The highest BCUT2D eigenvalue weighted by Crippen LogP contribution is 2.32. The van der Waals surface area contributed by atoms with Crippen molar-refractivity contribution < 1.29 is 28.5 Å². The van der Waals surface area contributed by atoms with Crippen molar-refractivity contribution in [1.29, 1.82) is 0 Å². The minimum absolute atomic E-state index is 0.0683. The molecule has 0 spiro atoms. The number of cyclic esters (lactones) is 1. The van der Waals surface area contributed by atoms with Crippen molar-refractivity contribution in [2.24, 2.45) is 5.92 Å². The summed E-state index contributed by atoms with van der Waals surface area (Å²) in [6.07, 6.45) is 3.51. The standard InChI is InChI=1S/C19H12BrNO7/c1-10-8-16(23)18(19(24)27-10)15(22)6-3-12-4-7-17(28-12)13-5-2-11(21(25)26)9-14(13)20/h2-9,18H,1H3. The summed E-state index contributed by atoms with van der Waals surface area (Å²) < 4.78 is 10.9. The Morgan fingerprint density at radius 3 is 2.64 bits per heavy atom. The molecule has 1 aliphatic heterocycles. The van der Waals surface area contributed by atoms with Crippen LogP contribution in [0.3, 0.4) is 0 Å². The lowest BCUT2D eigenvalue weighted by Crippen LogP contribution is -2.34. The van der Waals surface area contributed by atoms with Gasteiger partial charge in [0.25, 0.3) is 5.69 Å². The van der Waals surface area contributed by atoms with E-state index in [9.17, 15) is 24.5 Å². The molecule has 1 aromatic carbocycles. The van der Waals surface area contributed by atoms with E-state index in [1.807, 2.05) is 0 Å². The first-order valence-corrected chi connectivity index (χ1v) is 8.75. The number of carbonyl (C=O) groups is 3. The van der Waals surface area contributed by atoms with Crippen molar-refractivity contribution in [3.8, 4) is 11.3 Å². The number of allylic oxidation sites excluding steroid dienone is 3. The lowest BCUT2D eigenvalue weighted by molar-refractivity contribution is -0.384. The number of nitro groups is 1. The van der Waals surface area contributed by atoms with E-state index in [0.29, 0.717) is 21.6 Å². The summed E-state index contributed by atoms with van der Waals surface area (Å²) in [5.74, 6) is -2.90. The Labute approximate surface area is 166 Å². The van der Waals surface area contributed by atoms with E-state index in [1.54, 1.807) is 12.1 Å². The first-order valence-electron chi connectivity index (χ1n) is 7.96. The summed E-state index contributed by atoms with van der Waals surface area (Å²) in [6, 6.07) is 7.44. The number of ketones is 2. The molecule has 0 fully saturated rings. The number of non-ortho nitro benzene ring substituents is 1. The number of hydrogen-bond donors (Lipinski definition) is 0. The summed E-state index contributed by atoms with van der Waals surface area (Å²) >= 11 is 3.26. The third kappa shape index (κ3) is 3.99. The van der Waals surface area contributed by atoms with Crippen LogP contribution in [-0.4, -0.2) is 22.5 Å². The van der Waals surface area contributed by atoms with Gasteiger partial charge in [0.1, 0.15) is 17.3 Å². The average molecular weight is 446 g/mol. The van der Waals surface area contributed by atoms with Crippen molar-refractivity contribution in [2.45, 2.75) is 6.92 Å². The van der Waals surface area contributed by atoms with E-state index in [-0.39, 0.29) is 11.4 Å². The predicted octanol–water partition coefficient (Wildman–Crippen LogP) is 3.85. The van der Waals surface area contributed by atoms with Crippen molar-refractivity contribution in [2.75, 3.05) is 0 Å². The van der Waals surface area contributed by atoms with Gasteiger partial charge in [-0.25, -0.2) is 0 Å². The molecule has 0 bridgehead atoms. The molecule has 1 aliphatic rings. The fourth-order valence-corrected chi connectivity index (χ4v) is 3.13. The van der Waals surface area contributed by atoms with Crippen LogP contribution in [0.2, 0.25) is 0 Å². The third-order valence-corrected chi connectivity index (χ3v) is 4.54. The normalized spacial score (nSPS) is 16.8. The van der Waals surface area contributed by atoms with E-state index in [0.717, 1.165) is 12.2 Å². The molecule has 9 heteroatoms. The average Bonchev–Trinajstić information content (AvgIpc) is 3.07. The Morgan fingerprint density at radius 1 is 1.25 bits per heavy atom. The van der Waals surface area contributed by atoms with Crippen molar-refractivity contribution in [1.82, 2.24) is 0 Å². The Bertz CT molecular complexity index is 1060. The molecule has 0 N–H and O–H groups in total. The number of rotatable bonds is 5. The SMILES string of the molecule is CC1=CC(=O)C(C(=O)C=Cc2ccc(-c3ccc([N+](=O)[O-])cc3Br)o2)C(=O)O1. The van der Waals surface area contributed by atoms with Crippen LogP contribution in [-0.2, 0) is 19.1 Å². The molecule has 2 aromatic rings. The number of carbonyl (C=O) groups excluding carboxylic acids is 3. The fourth-order valence-electron chi connectivity index (χ4n) is 2.57. The highest BCUT2D eigenvalue weighted by Gasteiger charge is 2.36. The van der Waals surface area contributed by atoms with E-state index in [1.165, 1.54) is 31.2 Å². The molecular weight excluding hydrogens is 434 g/mol. The van der Waals surface area contributed by atoms with E-state index in [2.05, 4.69) is 15.9 Å². The number of nitrogens with zero attached hydrogens (tertiary/aromatic N) is 1. The second kappa shape index (κ2) is 7.73. The zero-order valence-electron chi connectivity index (χ0n) is 14.4. The van der Waals surface area contributed by atoms with Gasteiger partial charge in [-0.3, -0.25) is 24.5 Å². The molecule has 1 unspecified atom stereocenters. The molecule has 28 heavy (non-hydrogen) atoms. The summed E-state index contributed by atoms with van der Waals surface area (Å²) in [5, 5.41) is 10.8. The van der Waals surface area contributed by atoms with Crippen LogP contribution >= 0.6 is 15.9 Å². The summed E-state index contributed by atoms with van der Waals surface area (Å²) in [6.45, 7) is 1.45. The molecule has 0 radical (unpaired) electrons. The number of halogens is 1. The number of furan rings is 1. The smallest absolute Gasteiger partial charge is 0.329 e. The third-order valence-electron chi connectivity index (χ3n) is 3.88. The highest BCUT2D eigenvalue weighted by atomic mass is 79.9. The second-order valence-electron chi connectivity index (χ2n) is 5.87. The van der Waals surface area contributed by atoms with E-state index >= 15 is 0 Å². The number of ether oxygens (including phenoxy) is 1. The highest BCUT2D eigenvalue weighted by molar-refractivity contribution is 9.10. The maximum absolute atomic E-state index is 12.2. The molecule has 3 rings (SSSR count). The quantitative estimate of drug-likeness (QED) is 0.225. The van der Waals surface area contributed by atoms with Gasteiger partial charge in [-0.05, 0) is 53.2 Å². The van der Waals surface area contributed by atoms with Gasteiger partial charge >= 0.3 is 5.97 Å².